The van der Waals surface area contributed by atoms with Crippen LogP contribution in [0.4, 0.5) is 19.3 Å². The number of rotatable bonds is 7. The number of fused-ring (bicyclic) bond motifs is 2. The molecule has 0 spiro atoms. The zero-order valence-electron chi connectivity index (χ0n) is 21.7. The van der Waals surface area contributed by atoms with Crippen LogP contribution in [-0.2, 0) is 4.74 Å². The van der Waals surface area contributed by atoms with Crippen molar-refractivity contribution in [2.45, 2.75) is 26.9 Å². The molecule has 3 heterocycles. The van der Waals surface area contributed by atoms with E-state index >= 15 is 4.39 Å². The monoisotopic (exact) mass is 585 g/mol. The number of ether oxygens (including phenoxy) is 3. The third-order valence-corrected chi connectivity index (χ3v) is 7.16. The Morgan fingerprint density at radius 1 is 1.10 bits per heavy atom. The molecule has 0 radical (unpaired) electrons. The summed E-state index contributed by atoms with van der Waals surface area (Å²) in [5.41, 5.74) is 3.75. The molecule has 1 atom stereocenters. The van der Waals surface area contributed by atoms with Crippen LogP contribution in [0.5, 0.6) is 11.6 Å². The van der Waals surface area contributed by atoms with Gasteiger partial charge in [0.2, 0.25) is 11.8 Å². The zero-order valence-corrected chi connectivity index (χ0v) is 23.3. The molecule has 206 valence electrons. The van der Waals surface area contributed by atoms with Crippen molar-refractivity contribution in [1.82, 2.24) is 19.9 Å². The molecule has 0 unspecified atom stereocenters. The average molecular weight is 586 g/mol. The highest BCUT2D eigenvalue weighted by molar-refractivity contribution is 7.21. The van der Waals surface area contributed by atoms with Gasteiger partial charge in [0.05, 0.1) is 40.9 Å². The molecule has 0 saturated carbocycles. The number of pyridine rings is 1. The number of methoxy groups -OCH3 is 1. The standard InChI is InChI=1S/C27H22ClF2N5O4S/c1-12-5-16(23-17(6-12)34-20(37-4)10-31-23)26-35-24-19(40-26)8-18(22(29)21(24)28)38-11-14(3)39-27(36)33-15-7-13(2)25(30)32-9-15/h5-10,14H,11H2,1-4H3,(H,33,36)/t14-/m1/s1. The minimum atomic E-state index is -0.795. The number of aryl methyl sites for hydroxylation is 2. The molecular formula is C27H22ClF2N5O4S. The van der Waals surface area contributed by atoms with Crippen molar-refractivity contribution in [3.63, 3.8) is 0 Å². The summed E-state index contributed by atoms with van der Waals surface area (Å²) in [6.45, 7) is 4.87. The third kappa shape index (κ3) is 5.58. The first-order chi connectivity index (χ1) is 19.1. The van der Waals surface area contributed by atoms with Gasteiger partial charge in [-0.05, 0) is 44.5 Å². The fourth-order valence-electron chi connectivity index (χ4n) is 3.91. The van der Waals surface area contributed by atoms with E-state index in [4.69, 9.17) is 25.8 Å². The number of thiazole rings is 1. The van der Waals surface area contributed by atoms with Crippen molar-refractivity contribution >= 4 is 56.0 Å². The molecular weight excluding hydrogens is 564 g/mol. The molecule has 0 aliphatic carbocycles. The Balaban J connectivity index is 1.34. The highest BCUT2D eigenvalue weighted by Crippen LogP contribution is 2.40. The van der Waals surface area contributed by atoms with Crippen LogP contribution in [0.15, 0.2) is 36.7 Å². The molecule has 0 fully saturated rings. The molecule has 0 bridgehead atoms. The predicted molar refractivity (Wildman–Crippen MR) is 148 cm³/mol. The van der Waals surface area contributed by atoms with Gasteiger partial charge >= 0.3 is 6.09 Å². The summed E-state index contributed by atoms with van der Waals surface area (Å²) in [7, 11) is 1.52. The van der Waals surface area contributed by atoms with Crippen LogP contribution in [0.1, 0.15) is 18.1 Å². The predicted octanol–water partition coefficient (Wildman–Crippen LogP) is 6.87. The van der Waals surface area contributed by atoms with Gasteiger partial charge in [-0.2, -0.15) is 4.39 Å². The van der Waals surface area contributed by atoms with Gasteiger partial charge in [-0.3, -0.25) is 5.32 Å². The maximum Gasteiger partial charge on any atom is 0.412 e. The first-order valence-electron chi connectivity index (χ1n) is 12.0. The van der Waals surface area contributed by atoms with Crippen LogP contribution in [0.2, 0.25) is 5.02 Å². The van der Waals surface area contributed by atoms with Crippen LogP contribution in [0.25, 0.3) is 31.8 Å². The second-order valence-electron chi connectivity index (χ2n) is 8.94. The summed E-state index contributed by atoms with van der Waals surface area (Å²) in [6, 6.07) is 6.74. The van der Waals surface area contributed by atoms with Gasteiger partial charge < -0.3 is 14.2 Å². The van der Waals surface area contributed by atoms with Crippen molar-refractivity contribution in [2.75, 3.05) is 19.0 Å². The van der Waals surface area contributed by atoms with E-state index in [1.54, 1.807) is 6.92 Å². The molecule has 9 nitrogen and oxygen atoms in total. The number of hydrogen-bond donors (Lipinski definition) is 1. The van der Waals surface area contributed by atoms with Gasteiger partial charge in [0.1, 0.15) is 28.3 Å². The topological polar surface area (TPSA) is 108 Å². The molecule has 0 aliphatic rings. The van der Waals surface area contributed by atoms with Crippen LogP contribution >= 0.6 is 22.9 Å². The van der Waals surface area contributed by atoms with Gasteiger partial charge in [-0.15, -0.1) is 11.3 Å². The van der Waals surface area contributed by atoms with Gasteiger partial charge in [-0.25, -0.2) is 29.1 Å². The van der Waals surface area contributed by atoms with Crippen LogP contribution in [0.3, 0.4) is 0 Å². The lowest BCUT2D eigenvalue weighted by Crippen LogP contribution is -2.25. The van der Waals surface area contributed by atoms with Gasteiger partial charge in [0.25, 0.3) is 0 Å². The quantitative estimate of drug-likeness (QED) is 0.206. The summed E-state index contributed by atoms with van der Waals surface area (Å²) in [6.07, 6.45) is 1.14. The van der Waals surface area contributed by atoms with E-state index in [-0.39, 0.29) is 34.1 Å². The Hall–Kier alpha value is -4.16. The number of halogens is 3. The van der Waals surface area contributed by atoms with E-state index in [0.29, 0.717) is 26.6 Å². The lowest BCUT2D eigenvalue weighted by molar-refractivity contribution is 0.0844. The Kier molecular flexibility index (Phi) is 7.63. The lowest BCUT2D eigenvalue weighted by atomic mass is 10.1. The molecule has 2 aromatic carbocycles. The Morgan fingerprint density at radius 2 is 1.90 bits per heavy atom. The third-order valence-electron chi connectivity index (χ3n) is 5.78. The first-order valence-corrected chi connectivity index (χ1v) is 13.1. The fraction of sp³-hybridized carbons (Fsp3) is 0.222. The zero-order chi connectivity index (χ0) is 28.6. The number of hydrogen-bond acceptors (Lipinski definition) is 9. The second kappa shape index (κ2) is 11.1. The highest BCUT2D eigenvalue weighted by Gasteiger charge is 2.21. The second-order valence-corrected chi connectivity index (χ2v) is 10.4. The van der Waals surface area contributed by atoms with Crippen molar-refractivity contribution < 1.29 is 27.8 Å². The van der Waals surface area contributed by atoms with Crippen molar-refractivity contribution in [2.24, 2.45) is 0 Å². The summed E-state index contributed by atoms with van der Waals surface area (Å²) >= 11 is 7.65. The van der Waals surface area contributed by atoms with Gasteiger partial charge in [0, 0.05) is 17.2 Å². The number of nitrogens with one attached hydrogen (secondary N) is 1. The molecule has 1 amide bonds. The van der Waals surface area contributed by atoms with E-state index in [0.717, 1.165) is 11.1 Å². The van der Waals surface area contributed by atoms with Crippen molar-refractivity contribution in [3.8, 4) is 22.2 Å². The Morgan fingerprint density at radius 3 is 2.65 bits per heavy atom. The SMILES string of the molecule is COc1cnc2c(-c3nc4c(Cl)c(F)c(OC[C@@H](C)OC(=O)Nc5cnc(F)c(C)c5)cc4s3)cc(C)cc2n1. The minimum Gasteiger partial charge on any atom is -0.487 e. The molecule has 40 heavy (non-hydrogen) atoms. The number of carbonyl (C=O) groups excluding carboxylic acids is 1. The number of benzene rings is 2. The number of nitrogens with zero attached hydrogens (tertiary/aromatic N) is 4. The largest absolute Gasteiger partial charge is 0.487 e. The van der Waals surface area contributed by atoms with Gasteiger partial charge in [-0.1, -0.05) is 11.6 Å². The number of aromatic nitrogens is 4. The van der Waals surface area contributed by atoms with E-state index in [1.165, 1.54) is 49.9 Å². The minimum absolute atomic E-state index is 0.111. The molecule has 1 N–H and O–H groups in total. The lowest BCUT2D eigenvalue weighted by Gasteiger charge is -2.15. The van der Waals surface area contributed by atoms with E-state index in [2.05, 4.69) is 25.3 Å². The van der Waals surface area contributed by atoms with Gasteiger partial charge in [0.15, 0.2) is 11.6 Å². The maximum atomic E-state index is 15.1. The van der Waals surface area contributed by atoms with E-state index in [1.807, 2.05) is 19.1 Å². The summed E-state index contributed by atoms with van der Waals surface area (Å²) < 4.78 is 45.1. The van der Waals surface area contributed by atoms with Crippen molar-refractivity contribution in [3.05, 3.63) is 64.6 Å². The molecule has 0 saturated heterocycles. The number of carbonyl (C=O) groups is 1. The molecule has 13 heteroatoms. The van der Waals surface area contributed by atoms with Crippen LogP contribution in [0, 0.1) is 25.6 Å². The summed E-state index contributed by atoms with van der Waals surface area (Å²) in [4.78, 5) is 29.3. The van der Waals surface area contributed by atoms with E-state index < -0.39 is 24.0 Å². The summed E-state index contributed by atoms with van der Waals surface area (Å²) in [5, 5.41) is 2.85. The highest BCUT2D eigenvalue weighted by atomic mass is 35.5. The Labute approximate surface area is 236 Å². The van der Waals surface area contributed by atoms with Crippen molar-refractivity contribution in [1.29, 1.82) is 0 Å². The first kappa shape index (κ1) is 27.4. The normalized spacial score (nSPS) is 12.0. The maximum absolute atomic E-state index is 15.1. The molecule has 5 aromatic rings. The summed E-state index contributed by atoms with van der Waals surface area (Å²) in [5.74, 6) is -1.14. The fourth-order valence-corrected chi connectivity index (χ4v) is 5.22. The van der Waals surface area contributed by atoms with Crippen LogP contribution in [-0.4, -0.2) is 45.8 Å². The molecule has 3 aromatic heterocycles. The Bertz CT molecular complexity index is 1770. The molecule has 5 rings (SSSR count). The molecule has 0 aliphatic heterocycles. The smallest absolute Gasteiger partial charge is 0.412 e. The number of amides is 1. The van der Waals surface area contributed by atoms with E-state index in [9.17, 15) is 9.18 Å². The number of anilines is 1. The average Bonchev–Trinajstić information content (AvgIpc) is 3.35. The van der Waals surface area contributed by atoms with Crippen LogP contribution < -0.4 is 14.8 Å².